The zero-order valence-corrected chi connectivity index (χ0v) is 27.7. The van der Waals surface area contributed by atoms with Gasteiger partial charge in [-0.3, -0.25) is 14.5 Å². The summed E-state index contributed by atoms with van der Waals surface area (Å²) in [7, 11) is 0. The van der Waals surface area contributed by atoms with E-state index in [2.05, 4.69) is 0 Å². The molecule has 9 nitrogen and oxygen atoms in total. The minimum atomic E-state index is -4.65. The quantitative estimate of drug-likeness (QED) is 0.187. The van der Waals surface area contributed by atoms with Crippen molar-refractivity contribution in [2.45, 2.75) is 53.7 Å². The number of phenolic OH excluding ortho intramolecular Hbond substituents is 1. The maximum atomic E-state index is 14.2. The zero-order valence-electron chi connectivity index (χ0n) is 24.6. The number of nitriles is 1. The van der Waals surface area contributed by atoms with Gasteiger partial charge < -0.3 is 19.9 Å². The number of carbonyl (C=O) groups is 2. The topological polar surface area (TPSA) is 121 Å². The van der Waals surface area contributed by atoms with Gasteiger partial charge in [-0.2, -0.15) is 27.2 Å². The number of urea groups is 1. The van der Waals surface area contributed by atoms with Crippen LogP contribution >= 0.6 is 46.6 Å². The number of alkyl halides is 6. The number of nitrogens with one attached hydrogen (secondary N) is 1. The van der Waals surface area contributed by atoms with E-state index >= 15 is 0 Å². The highest BCUT2D eigenvalue weighted by molar-refractivity contribution is 7.99. The average Bonchev–Trinajstić information content (AvgIpc) is 3.35. The van der Waals surface area contributed by atoms with Crippen molar-refractivity contribution in [3.63, 3.8) is 0 Å². The van der Waals surface area contributed by atoms with Gasteiger partial charge >= 0.3 is 17.6 Å². The molecule has 48 heavy (non-hydrogen) atoms. The number of anilines is 1. The summed E-state index contributed by atoms with van der Waals surface area (Å²) in [5.74, 6) is -1.42. The molecule has 0 saturated carbocycles. The van der Waals surface area contributed by atoms with E-state index in [-0.39, 0.29) is 63.6 Å². The summed E-state index contributed by atoms with van der Waals surface area (Å²) >= 11 is 18.5. The molecule has 1 unspecified atom stereocenters. The van der Waals surface area contributed by atoms with Gasteiger partial charge in [-0.25, -0.2) is 4.79 Å². The molecule has 0 aliphatic carbocycles. The number of aromatic nitrogens is 1. The fraction of sp³-hybridized carbons (Fsp3) is 0.333. The number of amides is 3. The average molecular weight is 751 g/mol. The van der Waals surface area contributed by atoms with Gasteiger partial charge in [-0.05, 0) is 65.9 Å². The number of carbonyl (C=O) groups excluding carboxylic acids is 2. The number of nitrogens with zero attached hydrogens (tertiary/aromatic N) is 4. The first-order valence-corrected chi connectivity index (χ1v) is 16.0. The normalized spacial score (nSPS) is 16.7. The summed E-state index contributed by atoms with van der Waals surface area (Å²) in [6.07, 6.45) is -4.80. The fourth-order valence-electron chi connectivity index (χ4n) is 5.81. The molecule has 2 N–H and O–H groups in total. The SMILES string of the molecule is Cc1c(O)c(N2CCCN(CC(F)(F)F)C2=O)cc2c1C(CC#N)N(C(=O)c1c(Sc3c(Cl)cccc3Cl)cc(C(F)(F)Cl)[nH]c1=O)C2. The monoisotopic (exact) mass is 749 g/mol. The molecule has 3 amide bonds. The molecule has 0 radical (unpaired) electrons. The molecule has 18 heteroatoms. The molecular formula is C30H23Cl3F5N5O4S. The molecule has 1 saturated heterocycles. The number of hydrogen-bond acceptors (Lipinski definition) is 6. The molecule has 1 aromatic heterocycles. The number of halogens is 8. The second-order valence-corrected chi connectivity index (χ2v) is 13.3. The minimum Gasteiger partial charge on any atom is -0.505 e. The third-order valence-corrected chi connectivity index (χ3v) is 10.1. The second-order valence-electron chi connectivity index (χ2n) is 11.0. The molecule has 2 aromatic carbocycles. The minimum absolute atomic E-state index is 0.00135. The van der Waals surface area contributed by atoms with Crippen LogP contribution in [0.4, 0.5) is 32.4 Å². The van der Waals surface area contributed by atoms with Crippen LogP contribution in [0.1, 0.15) is 51.6 Å². The van der Waals surface area contributed by atoms with Gasteiger partial charge in [0, 0.05) is 29.4 Å². The highest BCUT2D eigenvalue weighted by Gasteiger charge is 2.42. The molecule has 254 valence electrons. The molecule has 2 aliphatic rings. The lowest BCUT2D eigenvalue weighted by atomic mass is 9.95. The summed E-state index contributed by atoms with van der Waals surface area (Å²) < 4.78 is 67.8. The van der Waals surface area contributed by atoms with Gasteiger partial charge in [-0.1, -0.05) is 41.0 Å². The Morgan fingerprint density at radius 1 is 1.15 bits per heavy atom. The molecule has 1 atom stereocenters. The number of aromatic amines is 1. The van der Waals surface area contributed by atoms with Crippen molar-refractivity contribution in [2.24, 2.45) is 0 Å². The number of aromatic hydroxyl groups is 1. The van der Waals surface area contributed by atoms with E-state index in [9.17, 15) is 46.7 Å². The lowest BCUT2D eigenvalue weighted by molar-refractivity contribution is -0.140. The standard InChI is InChI=1S/C30H23Cl3F5N5O4S/c1-14-22-15(10-19(24(14)44)42-9-3-8-41(28(42)47)13-29(34,35)36)12-43(18(22)6-7-39)27(46)23-20(11-21(30(33,37)38)40-26(23)45)48-25-16(31)4-2-5-17(25)32/h2,4-5,10-11,18,44H,3,6,8-9,12-13H2,1H3,(H,40,45). The van der Waals surface area contributed by atoms with E-state index in [0.717, 1.165) is 15.9 Å². The first kappa shape index (κ1) is 35.6. The first-order chi connectivity index (χ1) is 22.4. The number of hydrogen-bond donors (Lipinski definition) is 2. The Bertz CT molecular complexity index is 1890. The summed E-state index contributed by atoms with van der Waals surface area (Å²) in [5, 5.41) is 17.1. The lowest BCUT2D eigenvalue weighted by Gasteiger charge is -2.36. The number of fused-ring (bicyclic) bond motifs is 1. The van der Waals surface area contributed by atoms with Gasteiger partial charge in [0.25, 0.3) is 11.5 Å². The van der Waals surface area contributed by atoms with E-state index in [0.29, 0.717) is 27.8 Å². The molecule has 3 aromatic rings. The van der Waals surface area contributed by atoms with Crippen LogP contribution in [0.2, 0.25) is 10.0 Å². The third-order valence-electron chi connectivity index (χ3n) is 7.87. The maximum Gasteiger partial charge on any atom is 0.406 e. The summed E-state index contributed by atoms with van der Waals surface area (Å²) in [4.78, 5) is 45.2. The summed E-state index contributed by atoms with van der Waals surface area (Å²) in [6, 6.07) is 6.56. The summed E-state index contributed by atoms with van der Waals surface area (Å²) in [5.41, 5.74) is -2.09. The van der Waals surface area contributed by atoms with Crippen LogP contribution in [-0.4, -0.2) is 57.6 Å². The van der Waals surface area contributed by atoms with Gasteiger partial charge in [0.05, 0.1) is 34.3 Å². The highest BCUT2D eigenvalue weighted by atomic mass is 35.5. The predicted octanol–water partition coefficient (Wildman–Crippen LogP) is 7.94. The van der Waals surface area contributed by atoms with Gasteiger partial charge in [0.15, 0.2) is 0 Å². The Labute approximate surface area is 288 Å². The van der Waals surface area contributed by atoms with Crippen molar-refractivity contribution < 1.29 is 36.6 Å². The fourth-order valence-corrected chi connectivity index (χ4v) is 7.55. The van der Waals surface area contributed by atoms with Crippen LogP contribution in [-0.2, 0) is 11.9 Å². The maximum absolute atomic E-state index is 14.2. The van der Waals surface area contributed by atoms with Crippen LogP contribution in [0.3, 0.4) is 0 Å². The van der Waals surface area contributed by atoms with Crippen LogP contribution < -0.4 is 10.5 Å². The van der Waals surface area contributed by atoms with E-state index in [1.54, 1.807) is 0 Å². The smallest absolute Gasteiger partial charge is 0.406 e. The highest BCUT2D eigenvalue weighted by Crippen LogP contribution is 2.47. The Kier molecular flexibility index (Phi) is 9.86. The molecule has 1 fully saturated rings. The van der Waals surface area contributed by atoms with Crippen molar-refractivity contribution >= 4 is 64.2 Å². The number of rotatable bonds is 7. The lowest BCUT2D eigenvalue weighted by Crippen LogP contribution is -2.52. The Morgan fingerprint density at radius 3 is 2.42 bits per heavy atom. The third kappa shape index (κ3) is 6.89. The first-order valence-electron chi connectivity index (χ1n) is 14.1. The van der Waals surface area contributed by atoms with Crippen molar-refractivity contribution in [3.8, 4) is 11.8 Å². The number of benzene rings is 2. The Hall–Kier alpha value is -3.71. The molecule has 5 rings (SSSR count). The molecule has 0 bridgehead atoms. The Morgan fingerprint density at radius 2 is 1.81 bits per heavy atom. The Balaban J connectivity index is 1.58. The van der Waals surface area contributed by atoms with Gasteiger partial charge in [0.1, 0.15) is 23.6 Å². The van der Waals surface area contributed by atoms with Gasteiger partial charge in [-0.15, -0.1) is 0 Å². The molecule has 3 heterocycles. The van der Waals surface area contributed by atoms with Crippen LogP contribution in [0.15, 0.2) is 44.9 Å². The summed E-state index contributed by atoms with van der Waals surface area (Å²) in [6.45, 7) is -0.437. The van der Waals surface area contributed by atoms with Crippen molar-refractivity contribution in [1.82, 2.24) is 14.8 Å². The largest absolute Gasteiger partial charge is 0.505 e. The number of phenols is 1. The molecule has 0 spiro atoms. The number of H-pyrrole nitrogens is 1. The molecular weight excluding hydrogens is 728 g/mol. The van der Waals surface area contributed by atoms with Crippen LogP contribution in [0, 0.1) is 18.3 Å². The van der Waals surface area contributed by atoms with E-state index in [1.165, 1.54) is 31.2 Å². The van der Waals surface area contributed by atoms with E-state index < -0.39 is 58.6 Å². The van der Waals surface area contributed by atoms with Gasteiger partial charge in [0.2, 0.25) is 0 Å². The second kappa shape index (κ2) is 13.3. The van der Waals surface area contributed by atoms with Crippen LogP contribution in [0.5, 0.6) is 5.75 Å². The number of pyridine rings is 1. The van der Waals surface area contributed by atoms with Crippen molar-refractivity contribution in [3.05, 3.63) is 78.7 Å². The predicted molar refractivity (Wildman–Crippen MR) is 168 cm³/mol. The zero-order chi connectivity index (χ0) is 35.3. The van der Waals surface area contributed by atoms with Crippen molar-refractivity contribution in [2.75, 3.05) is 24.5 Å². The van der Waals surface area contributed by atoms with Crippen molar-refractivity contribution in [1.29, 1.82) is 5.26 Å². The van der Waals surface area contributed by atoms with Crippen LogP contribution in [0.25, 0.3) is 0 Å². The van der Waals surface area contributed by atoms with E-state index in [1.807, 2.05) is 11.1 Å². The molecule has 2 aliphatic heterocycles. The van der Waals surface area contributed by atoms with E-state index in [4.69, 9.17) is 34.8 Å².